The largest absolute Gasteiger partial charge is 0.493 e. The monoisotopic (exact) mass is 588 g/mol. The number of hydrogen-bond acceptors (Lipinski definition) is 8. The van der Waals surface area contributed by atoms with Gasteiger partial charge in [0, 0.05) is 35.4 Å². The third-order valence-electron chi connectivity index (χ3n) is 7.16. The molecular formula is C31H29FN4O7. The summed E-state index contributed by atoms with van der Waals surface area (Å²) in [5.41, 5.74) is 7.31. The molecule has 0 radical (unpaired) electrons. The molecule has 1 fully saturated rings. The first-order chi connectivity index (χ1) is 20.8. The molecule has 11 nitrogen and oxygen atoms in total. The van der Waals surface area contributed by atoms with Gasteiger partial charge < -0.3 is 19.9 Å². The summed E-state index contributed by atoms with van der Waals surface area (Å²) in [5, 5.41) is 9.29. The number of fused-ring (bicyclic) bond motifs is 1. The zero-order valence-corrected chi connectivity index (χ0v) is 23.2. The second-order valence-electron chi connectivity index (χ2n) is 9.98. The highest BCUT2D eigenvalue weighted by Gasteiger charge is 2.57. The number of methoxy groups -OCH3 is 1. The Hall–Kier alpha value is -5.23. The molecule has 3 aromatic carbocycles. The molecule has 0 spiro atoms. The zero-order chi connectivity index (χ0) is 30.6. The summed E-state index contributed by atoms with van der Waals surface area (Å²) in [6.45, 7) is 0.202. The molecule has 0 aliphatic heterocycles. The van der Waals surface area contributed by atoms with E-state index in [1.54, 1.807) is 54.1 Å². The average molecular weight is 589 g/mol. The fourth-order valence-electron chi connectivity index (χ4n) is 4.63. The van der Waals surface area contributed by atoms with Crippen LogP contribution >= 0.6 is 0 Å². The van der Waals surface area contributed by atoms with Crippen LogP contribution in [0.4, 0.5) is 15.8 Å². The van der Waals surface area contributed by atoms with Gasteiger partial charge in [0.1, 0.15) is 22.7 Å². The SMILES string of the molecule is COc1cc2nccc(Oc3ccc(N(C(=O)C4(C(N)=O)CC4)c4ccc(F)cc4)cc3)c2cc1OCCCC(=O)NO. The lowest BCUT2D eigenvalue weighted by atomic mass is 10.0. The van der Waals surface area contributed by atoms with Crippen LogP contribution in [0.3, 0.4) is 0 Å². The lowest BCUT2D eigenvalue weighted by Crippen LogP contribution is -2.41. The van der Waals surface area contributed by atoms with Gasteiger partial charge in [0.15, 0.2) is 11.5 Å². The second kappa shape index (κ2) is 12.3. The standard InChI is InChI=1S/C31H29FN4O7/c1-41-26-18-24-23(17-27(26)42-16-2-3-28(37)35-40)25(12-15-34-24)43-22-10-8-21(9-11-22)36(20-6-4-19(32)5-7-20)30(39)31(13-14-31)29(33)38/h4-12,15,17-18,40H,2-3,13-14,16H2,1H3,(H2,33,38)(H,35,37). The number of nitrogens with one attached hydrogen (secondary N) is 1. The molecular weight excluding hydrogens is 559 g/mol. The van der Waals surface area contributed by atoms with E-state index in [1.807, 2.05) is 0 Å². The highest BCUT2D eigenvalue weighted by atomic mass is 19.1. The molecule has 0 unspecified atom stereocenters. The van der Waals surface area contributed by atoms with Gasteiger partial charge in [0.2, 0.25) is 17.7 Å². The van der Waals surface area contributed by atoms with Crippen LogP contribution in [-0.2, 0) is 14.4 Å². The number of carbonyl (C=O) groups excluding carboxylic acids is 3. The molecule has 0 bridgehead atoms. The molecule has 0 saturated heterocycles. The van der Waals surface area contributed by atoms with Crippen LogP contribution in [0, 0.1) is 11.2 Å². The van der Waals surface area contributed by atoms with Crippen LogP contribution in [0.15, 0.2) is 72.9 Å². The smallest absolute Gasteiger partial charge is 0.247 e. The molecule has 5 rings (SSSR count). The van der Waals surface area contributed by atoms with Crippen molar-refractivity contribution in [3.05, 3.63) is 78.7 Å². The Morgan fingerprint density at radius 1 is 1.00 bits per heavy atom. The fraction of sp³-hybridized carbons (Fsp3) is 0.226. The van der Waals surface area contributed by atoms with E-state index < -0.39 is 29.0 Å². The van der Waals surface area contributed by atoms with E-state index in [-0.39, 0.29) is 13.0 Å². The minimum Gasteiger partial charge on any atom is -0.493 e. The Labute approximate surface area is 245 Å². The molecule has 1 saturated carbocycles. The van der Waals surface area contributed by atoms with Crippen molar-refractivity contribution in [3.8, 4) is 23.0 Å². The van der Waals surface area contributed by atoms with Gasteiger partial charge in [0.05, 0.1) is 19.2 Å². The summed E-state index contributed by atoms with van der Waals surface area (Å²) in [6, 6.07) is 17.2. The van der Waals surface area contributed by atoms with E-state index in [1.165, 1.54) is 36.3 Å². The summed E-state index contributed by atoms with van der Waals surface area (Å²) in [4.78, 5) is 42.7. The lowest BCUT2D eigenvalue weighted by Gasteiger charge is -2.26. The molecule has 1 aromatic heterocycles. The van der Waals surface area contributed by atoms with Crippen LogP contribution in [0.1, 0.15) is 25.7 Å². The molecule has 222 valence electrons. The number of halogens is 1. The number of amides is 3. The van der Waals surface area contributed by atoms with Crippen LogP contribution in [0.2, 0.25) is 0 Å². The number of aromatic nitrogens is 1. The number of primary amides is 1. The zero-order valence-electron chi connectivity index (χ0n) is 23.2. The molecule has 4 aromatic rings. The molecule has 0 atom stereocenters. The quantitative estimate of drug-likeness (QED) is 0.0926. The van der Waals surface area contributed by atoms with E-state index in [0.717, 1.165) is 0 Å². The van der Waals surface area contributed by atoms with Gasteiger partial charge in [0.25, 0.3) is 0 Å². The van der Waals surface area contributed by atoms with Crippen molar-refractivity contribution in [1.29, 1.82) is 0 Å². The van der Waals surface area contributed by atoms with Crippen molar-refractivity contribution in [2.75, 3.05) is 18.6 Å². The second-order valence-corrected chi connectivity index (χ2v) is 9.98. The predicted octanol–water partition coefficient (Wildman–Crippen LogP) is 4.77. The number of benzene rings is 3. The van der Waals surface area contributed by atoms with Crippen molar-refractivity contribution in [2.24, 2.45) is 11.1 Å². The third kappa shape index (κ3) is 6.19. The number of ether oxygens (including phenoxy) is 3. The van der Waals surface area contributed by atoms with Gasteiger partial charge in [-0.2, -0.15) is 0 Å². The van der Waals surface area contributed by atoms with Crippen molar-refractivity contribution in [1.82, 2.24) is 10.5 Å². The molecule has 1 heterocycles. The van der Waals surface area contributed by atoms with Gasteiger partial charge in [-0.1, -0.05) is 0 Å². The molecule has 3 amide bonds. The molecule has 1 aliphatic carbocycles. The number of rotatable bonds is 12. The molecule has 43 heavy (non-hydrogen) atoms. The molecule has 1 aliphatic rings. The normalized spacial score (nSPS) is 13.2. The third-order valence-corrected chi connectivity index (χ3v) is 7.16. The minimum atomic E-state index is -1.29. The molecule has 4 N–H and O–H groups in total. The minimum absolute atomic E-state index is 0.0893. The lowest BCUT2D eigenvalue weighted by molar-refractivity contribution is -0.133. The summed E-state index contributed by atoms with van der Waals surface area (Å²) in [5.74, 6) is -0.337. The van der Waals surface area contributed by atoms with Crippen molar-refractivity contribution < 1.29 is 38.2 Å². The summed E-state index contributed by atoms with van der Waals surface area (Å²) in [6.07, 6.45) is 2.75. The number of hydrogen-bond donors (Lipinski definition) is 3. The van der Waals surface area contributed by atoms with Crippen molar-refractivity contribution in [2.45, 2.75) is 25.7 Å². The van der Waals surface area contributed by atoms with Crippen LogP contribution in [0.25, 0.3) is 10.9 Å². The number of anilines is 2. The number of nitrogens with zero attached hydrogens (tertiary/aromatic N) is 2. The van der Waals surface area contributed by atoms with E-state index in [2.05, 4.69) is 4.98 Å². The first-order valence-corrected chi connectivity index (χ1v) is 13.5. The van der Waals surface area contributed by atoms with Crippen LogP contribution in [-0.4, -0.2) is 41.6 Å². The molecule has 12 heteroatoms. The van der Waals surface area contributed by atoms with Crippen molar-refractivity contribution >= 4 is 40.0 Å². The highest BCUT2D eigenvalue weighted by Crippen LogP contribution is 2.49. The predicted molar refractivity (Wildman–Crippen MR) is 154 cm³/mol. The van der Waals surface area contributed by atoms with Crippen LogP contribution in [0.5, 0.6) is 23.0 Å². The maximum absolute atomic E-state index is 13.7. The van der Waals surface area contributed by atoms with E-state index >= 15 is 0 Å². The summed E-state index contributed by atoms with van der Waals surface area (Å²) in [7, 11) is 1.50. The summed E-state index contributed by atoms with van der Waals surface area (Å²) < 4.78 is 31.1. The Kier molecular flexibility index (Phi) is 8.39. The maximum Gasteiger partial charge on any atom is 0.247 e. The first-order valence-electron chi connectivity index (χ1n) is 13.5. The van der Waals surface area contributed by atoms with Gasteiger partial charge in [-0.15, -0.1) is 0 Å². The number of nitrogens with two attached hydrogens (primary N) is 1. The van der Waals surface area contributed by atoms with Gasteiger partial charge in [-0.05, 0) is 79.9 Å². The maximum atomic E-state index is 13.7. The van der Waals surface area contributed by atoms with Crippen LogP contribution < -0.4 is 30.3 Å². The number of pyridine rings is 1. The Bertz CT molecular complexity index is 1660. The summed E-state index contributed by atoms with van der Waals surface area (Å²) >= 11 is 0. The highest BCUT2D eigenvalue weighted by molar-refractivity contribution is 6.16. The van der Waals surface area contributed by atoms with Gasteiger partial charge >= 0.3 is 0 Å². The fourth-order valence-corrected chi connectivity index (χ4v) is 4.63. The Morgan fingerprint density at radius 2 is 1.67 bits per heavy atom. The topological polar surface area (TPSA) is 153 Å². The van der Waals surface area contributed by atoms with Crippen molar-refractivity contribution in [3.63, 3.8) is 0 Å². The Morgan fingerprint density at radius 3 is 2.28 bits per heavy atom. The van der Waals surface area contributed by atoms with Gasteiger partial charge in [-0.3, -0.25) is 29.5 Å². The van der Waals surface area contributed by atoms with E-state index in [9.17, 15) is 18.8 Å². The van der Waals surface area contributed by atoms with Gasteiger partial charge in [-0.25, -0.2) is 9.87 Å². The Balaban J connectivity index is 1.40. The first kappa shape index (κ1) is 29.3. The van der Waals surface area contributed by atoms with E-state index in [4.69, 9.17) is 25.2 Å². The average Bonchev–Trinajstić information content (AvgIpc) is 3.83. The number of carbonyl (C=O) groups is 3. The van der Waals surface area contributed by atoms with E-state index in [0.29, 0.717) is 64.5 Å². The number of hydroxylamine groups is 1.